The molecule has 0 spiro atoms. The van der Waals surface area contributed by atoms with Gasteiger partial charge in [0.2, 0.25) is 5.88 Å². The van der Waals surface area contributed by atoms with Gasteiger partial charge in [-0.1, -0.05) is 42.5 Å². The second kappa shape index (κ2) is 7.80. The third-order valence-electron chi connectivity index (χ3n) is 5.31. The van der Waals surface area contributed by atoms with Crippen molar-refractivity contribution in [3.63, 3.8) is 0 Å². The van der Waals surface area contributed by atoms with E-state index in [1.807, 2.05) is 61.5 Å². The zero-order chi connectivity index (χ0) is 21.3. The molecule has 3 aromatic rings. The van der Waals surface area contributed by atoms with Gasteiger partial charge in [-0.3, -0.25) is 4.79 Å². The first-order valence-corrected chi connectivity index (χ1v) is 9.54. The summed E-state index contributed by atoms with van der Waals surface area (Å²) < 4.78 is 13.0. The number of hydrogen-bond acceptors (Lipinski definition) is 5. The lowest BCUT2D eigenvalue weighted by molar-refractivity contribution is 0.306. The molecule has 0 saturated carbocycles. The van der Waals surface area contributed by atoms with Crippen molar-refractivity contribution < 1.29 is 9.47 Å². The van der Waals surface area contributed by atoms with Crippen LogP contribution >= 0.6 is 0 Å². The molecule has 2 heterocycles. The molecule has 2 aromatic carbocycles. The number of pyridine rings is 1. The van der Waals surface area contributed by atoms with Crippen molar-refractivity contribution in [1.82, 2.24) is 4.57 Å². The van der Waals surface area contributed by atoms with Crippen molar-refractivity contribution in [2.24, 2.45) is 12.8 Å². The van der Waals surface area contributed by atoms with Crippen molar-refractivity contribution >= 4 is 0 Å². The Kier molecular flexibility index (Phi) is 5.03. The van der Waals surface area contributed by atoms with Crippen LogP contribution in [-0.4, -0.2) is 4.57 Å². The Hall–Kier alpha value is -3.98. The summed E-state index contributed by atoms with van der Waals surface area (Å²) in [5, 5.41) is 9.70. The molecule has 4 rings (SSSR count). The van der Waals surface area contributed by atoms with Gasteiger partial charge in [-0.25, -0.2) is 0 Å². The van der Waals surface area contributed by atoms with Gasteiger partial charge in [-0.05, 0) is 30.2 Å². The van der Waals surface area contributed by atoms with E-state index in [9.17, 15) is 10.1 Å². The van der Waals surface area contributed by atoms with Crippen molar-refractivity contribution in [3.05, 3.63) is 105 Å². The average molecular weight is 399 g/mol. The molecular weight excluding hydrogens is 378 g/mol. The Labute approximate surface area is 174 Å². The quantitative estimate of drug-likeness (QED) is 0.725. The second-order valence-electron chi connectivity index (χ2n) is 7.20. The Morgan fingerprint density at radius 2 is 1.87 bits per heavy atom. The number of ether oxygens (including phenoxy) is 2. The van der Waals surface area contributed by atoms with Gasteiger partial charge in [0.1, 0.15) is 29.7 Å². The van der Waals surface area contributed by atoms with Gasteiger partial charge >= 0.3 is 0 Å². The van der Waals surface area contributed by atoms with Gasteiger partial charge < -0.3 is 19.8 Å². The smallest absolute Gasteiger partial charge is 0.258 e. The summed E-state index contributed by atoms with van der Waals surface area (Å²) in [4.78, 5) is 13.0. The monoisotopic (exact) mass is 399 g/mol. The number of aromatic nitrogens is 1. The number of nitrogens with two attached hydrogens (primary N) is 1. The van der Waals surface area contributed by atoms with Crippen molar-refractivity contribution in [2.75, 3.05) is 0 Å². The molecule has 6 nitrogen and oxygen atoms in total. The predicted octanol–water partition coefficient (Wildman–Crippen LogP) is 3.49. The molecule has 1 aliphatic rings. The molecular formula is C24H21N3O3. The summed E-state index contributed by atoms with van der Waals surface area (Å²) in [7, 11) is 1.70. The van der Waals surface area contributed by atoms with Crippen LogP contribution in [0, 0.1) is 18.3 Å². The molecule has 0 aliphatic carbocycles. The predicted molar refractivity (Wildman–Crippen MR) is 113 cm³/mol. The number of rotatable bonds is 4. The largest absolute Gasteiger partial charge is 0.489 e. The molecule has 30 heavy (non-hydrogen) atoms. The van der Waals surface area contributed by atoms with Crippen LogP contribution in [0.2, 0.25) is 0 Å². The van der Waals surface area contributed by atoms with Gasteiger partial charge in [0.25, 0.3) is 5.56 Å². The first kappa shape index (κ1) is 19.3. The van der Waals surface area contributed by atoms with E-state index in [1.165, 1.54) is 0 Å². The minimum atomic E-state index is -0.596. The van der Waals surface area contributed by atoms with E-state index >= 15 is 0 Å². The summed E-state index contributed by atoms with van der Waals surface area (Å²) in [5.74, 6) is 0.511. The van der Waals surface area contributed by atoms with Gasteiger partial charge in [-0.2, -0.15) is 5.26 Å². The molecule has 0 bridgehead atoms. The van der Waals surface area contributed by atoms with Crippen molar-refractivity contribution in [3.8, 4) is 17.6 Å². The number of fused-ring (bicyclic) bond motifs is 1. The number of allylic oxidation sites excluding steroid dienone is 1. The van der Waals surface area contributed by atoms with Gasteiger partial charge in [0.15, 0.2) is 0 Å². The van der Waals surface area contributed by atoms with Crippen LogP contribution in [0.4, 0.5) is 0 Å². The molecule has 1 aliphatic heterocycles. The lowest BCUT2D eigenvalue weighted by Crippen LogP contribution is -2.31. The van der Waals surface area contributed by atoms with E-state index < -0.39 is 5.92 Å². The Balaban J connectivity index is 1.70. The summed E-state index contributed by atoms with van der Waals surface area (Å²) in [6.45, 7) is 2.27. The van der Waals surface area contributed by atoms with E-state index in [0.717, 1.165) is 16.8 Å². The normalized spacial score (nSPS) is 15.2. The first-order valence-electron chi connectivity index (χ1n) is 9.54. The van der Waals surface area contributed by atoms with Gasteiger partial charge in [0, 0.05) is 18.8 Å². The number of nitrogens with zero attached hydrogens (tertiary/aromatic N) is 2. The molecule has 0 unspecified atom stereocenters. The molecule has 150 valence electrons. The average Bonchev–Trinajstić information content (AvgIpc) is 2.76. The highest BCUT2D eigenvalue weighted by Gasteiger charge is 2.33. The molecule has 1 atom stereocenters. The second-order valence-corrected chi connectivity index (χ2v) is 7.20. The first-order chi connectivity index (χ1) is 14.5. The molecule has 0 radical (unpaired) electrons. The summed E-state index contributed by atoms with van der Waals surface area (Å²) in [6.07, 6.45) is 0. The lowest BCUT2D eigenvalue weighted by atomic mass is 9.84. The number of aryl methyl sites for hydroxylation is 1. The van der Waals surface area contributed by atoms with Crippen LogP contribution < -0.4 is 20.8 Å². The Morgan fingerprint density at radius 3 is 2.53 bits per heavy atom. The fourth-order valence-electron chi connectivity index (χ4n) is 3.57. The summed E-state index contributed by atoms with van der Waals surface area (Å²) >= 11 is 0. The maximum atomic E-state index is 13.0. The maximum absolute atomic E-state index is 13.0. The van der Waals surface area contributed by atoms with Crippen LogP contribution in [0.1, 0.15) is 28.3 Å². The fraction of sp³-hybridized carbons (Fsp3) is 0.167. The van der Waals surface area contributed by atoms with E-state index in [0.29, 0.717) is 23.7 Å². The van der Waals surface area contributed by atoms with Crippen LogP contribution in [0.15, 0.2) is 76.9 Å². The lowest BCUT2D eigenvalue weighted by Gasteiger charge is -2.26. The molecule has 0 amide bonds. The minimum Gasteiger partial charge on any atom is -0.489 e. The molecule has 2 N–H and O–H groups in total. The van der Waals surface area contributed by atoms with Gasteiger partial charge in [0.05, 0.1) is 11.5 Å². The Morgan fingerprint density at radius 1 is 1.17 bits per heavy atom. The third-order valence-corrected chi connectivity index (χ3v) is 5.31. The van der Waals surface area contributed by atoms with E-state index in [1.54, 1.807) is 17.7 Å². The zero-order valence-corrected chi connectivity index (χ0v) is 16.8. The summed E-state index contributed by atoms with van der Waals surface area (Å²) in [5.41, 5.74) is 9.02. The standard InChI is InChI=1S/C24H21N3O3/c1-15-12-20-22(24(28)27(15)2)21(19(13-25)23(26)30-20)17-8-10-18(11-9-17)29-14-16-6-4-3-5-7-16/h3-12,21H,14,26H2,1-2H3/t21-/m0/s1. The van der Waals surface area contributed by atoms with E-state index in [2.05, 4.69) is 6.07 Å². The molecule has 6 heteroatoms. The van der Waals surface area contributed by atoms with E-state index in [-0.39, 0.29) is 17.0 Å². The number of benzene rings is 2. The molecule has 0 fully saturated rings. The van der Waals surface area contributed by atoms with Crippen molar-refractivity contribution in [2.45, 2.75) is 19.4 Å². The molecule has 0 saturated heterocycles. The van der Waals surface area contributed by atoms with Crippen LogP contribution in [0.25, 0.3) is 0 Å². The number of nitriles is 1. The van der Waals surface area contributed by atoms with Gasteiger partial charge in [-0.15, -0.1) is 0 Å². The van der Waals surface area contributed by atoms with E-state index in [4.69, 9.17) is 15.2 Å². The third kappa shape index (κ3) is 3.42. The zero-order valence-electron chi connectivity index (χ0n) is 16.8. The summed E-state index contributed by atoms with van der Waals surface area (Å²) in [6, 6.07) is 21.1. The Bertz CT molecular complexity index is 1220. The van der Waals surface area contributed by atoms with Crippen LogP contribution in [-0.2, 0) is 13.7 Å². The van der Waals surface area contributed by atoms with Crippen LogP contribution in [0.3, 0.4) is 0 Å². The SMILES string of the molecule is Cc1cc2c(c(=O)n1C)[C@@H](c1ccc(OCc3ccccc3)cc1)C(C#N)=C(N)O2. The maximum Gasteiger partial charge on any atom is 0.258 e. The number of hydrogen-bond donors (Lipinski definition) is 1. The van der Waals surface area contributed by atoms with Crippen molar-refractivity contribution in [1.29, 1.82) is 5.26 Å². The molecule has 1 aromatic heterocycles. The minimum absolute atomic E-state index is 0.0204. The fourth-order valence-corrected chi connectivity index (χ4v) is 3.57. The topological polar surface area (TPSA) is 90.3 Å². The highest BCUT2D eigenvalue weighted by molar-refractivity contribution is 5.55. The highest BCUT2D eigenvalue weighted by atomic mass is 16.5. The highest BCUT2D eigenvalue weighted by Crippen LogP contribution is 2.40. The van der Waals surface area contributed by atoms with Crippen LogP contribution in [0.5, 0.6) is 11.5 Å².